The van der Waals surface area contributed by atoms with Crippen molar-refractivity contribution >= 4 is 11.7 Å². The van der Waals surface area contributed by atoms with E-state index in [1.165, 1.54) is 0 Å². The van der Waals surface area contributed by atoms with E-state index in [9.17, 15) is 9.59 Å². The van der Waals surface area contributed by atoms with Gasteiger partial charge in [-0.15, -0.1) is 0 Å². The van der Waals surface area contributed by atoms with Crippen LogP contribution in [-0.4, -0.2) is 29.7 Å². The van der Waals surface area contributed by atoms with Gasteiger partial charge in [0.25, 0.3) is 5.91 Å². The summed E-state index contributed by atoms with van der Waals surface area (Å²) in [4.78, 5) is 27.0. The Morgan fingerprint density at radius 1 is 0.818 bits per heavy atom. The predicted octanol–water partition coefficient (Wildman–Crippen LogP) is 3.35. The SMILES string of the molecule is O=C(Cc1ccccc1)c1ccccc1C(=O)N1CCCC1. The highest BCUT2D eigenvalue weighted by atomic mass is 16.2. The molecule has 2 aromatic rings. The molecule has 3 rings (SSSR count). The van der Waals surface area contributed by atoms with Crippen molar-refractivity contribution in [2.45, 2.75) is 19.3 Å². The lowest BCUT2D eigenvalue weighted by Crippen LogP contribution is -2.29. The van der Waals surface area contributed by atoms with Crippen LogP contribution in [0.5, 0.6) is 0 Å². The number of nitrogens with zero attached hydrogens (tertiary/aromatic N) is 1. The Balaban J connectivity index is 1.84. The van der Waals surface area contributed by atoms with Crippen LogP contribution < -0.4 is 0 Å². The summed E-state index contributed by atoms with van der Waals surface area (Å²) in [6, 6.07) is 16.8. The third-order valence-corrected chi connectivity index (χ3v) is 4.06. The summed E-state index contributed by atoms with van der Waals surface area (Å²) in [5.41, 5.74) is 2.03. The lowest BCUT2D eigenvalue weighted by atomic mass is 9.98. The minimum absolute atomic E-state index is 0.00523. The molecule has 0 unspecified atom stereocenters. The molecule has 1 heterocycles. The lowest BCUT2D eigenvalue weighted by molar-refractivity contribution is 0.0786. The zero-order valence-electron chi connectivity index (χ0n) is 12.5. The molecule has 1 fully saturated rings. The van der Waals surface area contributed by atoms with E-state index in [4.69, 9.17) is 0 Å². The Labute approximate surface area is 130 Å². The highest BCUT2D eigenvalue weighted by Crippen LogP contribution is 2.18. The summed E-state index contributed by atoms with van der Waals surface area (Å²) in [5.74, 6) is -0.0242. The fourth-order valence-electron chi connectivity index (χ4n) is 2.88. The maximum absolute atomic E-state index is 12.6. The van der Waals surface area contributed by atoms with Crippen LogP contribution in [0.25, 0.3) is 0 Å². The van der Waals surface area contributed by atoms with Crippen LogP contribution in [-0.2, 0) is 6.42 Å². The summed E-state index contributed by atoms with van der Waals surface area (Å²) in [6.45, 7) is 1.58. The predicted molar refractivity (Wildman–Crippen MR) is 86.1 cm³/mol. The van der Waals surface area contributed by atoms with E-state index in [-0.39, 0.29) is 11.7 Å². The number of rotatable bonds is 4. The molecule has 0 atom stereocenters. The van der Waals surface area contributed by atoms with Crippen LogP contribution in [0.4, 0.5) is 0 Å². The number of ketones is 1. The highest BCUT2D eigenvalue weighted by Gasteiger charge is 2.23. The molecule has 3 heteroatoms. The van der Waals surface area contributed by atoms with Crippen molar-refractivity contribution in [1.82, 2.24) is 4.90 Å². The molecule has 1 saturated heterocycles. The van der Waals surface area contributed by atoms with Gasteiger partial charge in [-0.05, 0) is 24.5 Å². The van der Waals surface area contributed by atoms with Crippen molar-refractivity contribution in [2.24, 2.45) is 0 Å². The average molecular weight is 293 g/mol. The molecule has 112 valence electrons. The van der Waals surface area contributed by atoms with Gasteiger partial charge in [-0.3, -0.25) is 9.59 Å². The molecule has 22 heavy (non-hydrogen) atoms. The summed E-state index contributed by atoms with van der Waals surface area (Å²) >= 11 is 0. The zero-order chi connectivity index (χ0) is 15.4. The van der Waals surface area contributed by atoms with E-state index >= 15 is 0 Å². The van der Waals surface area contributed by atoms with Gasteiger partial charge < -0.3 is 4.90 Å². The number of amides is 1. The third kappa shape index (κ3) is 3.08. The number of carbonyl (C=O) groups excluding carboxylic acids is 2. The average Bonchev–Trinajstić information content (AvgIpc) is 3.09. The monoisotopic (exact) mass is 293 g/mol. The Morgan fingerprint density at radius 3 is 2.09 bits per heavy atom. The molecule has 0 aromatic heterocycles. The van der Waals surface area contributed by atoms with Gasteiger partial charge in [0.15, 0.2) is 5.78 Å². The second-order valence-electron chi connectivity index (χ2n) is 5.63. The van der Waals surface area contributed by atoms with Gasteiger partial charge in [0, 0.05) is 25.1 Å². The number of hydrogen-bond acceptors (Lipinski definition) is 2. The molecular weight excluding hydrogens is 274 g/mol. The molecule has 0 bridgehead atoms. The fourth-order valence-corrected chi connectivity index (χ4v) is 2.88. The molecule has 0 radical (unpaired) electrons. The smallest absolute Gasteiger partial charge is 0.254 e. The summed E-state index contributed by atoms with van der Waals surface area (Å²) in [7, 11) is 0. The second kappa shape index (κ2) is 6.56. The topological polar surface area (TPSA) is 37.4 Å². The quantitative estimate of drug-likeness (QED) is 0.811. The molecule has 1 aliphatic rings. The normalized spacial score (nSPS) is 14.1. The van der Waals surface area contributed by atoms with Crippen molar-refractivity contribution in [3.05, 3.63) is 71.3 Å². The Bertz CT molecular complexity index is 673. The van der Waals surface area contributed by atoms with Crippen molar-refractivity contribution in [3.8, 4) is 0 Å². The van der Waals surface area contributed by atoms with Crippen LogP contribution >= 0.6 is 0 Å². The van der Waals surface area contributed by atoms with E-state index in [1.54, 1.807) is 12.1 Å². The van der Waals surface area contributed by atoms with Gasteiger partial charge in [-0.1, -0.05) is 48.5 Å². The second-order valence-corrected chi connectivity index (χ2v) is 5.63. The van der Waals surface area contributed by atoms with Crippen LogP contribution in [0.15, 0.2) is 54.6 Å². The maximum atomic E-state index is 12.6. The number of likely N-dealkylation sites (tertiary alicyclic amines) is 1. The molecule has 0 saturated carbocycles. The van der Waals surface area contributed by atoms with Gasteiger partial charge in [-0.25, -0.2) is 0 Å². The minimum atomic E-state index is -0.0190. The van der Waals surface area contributed by atoms with E-state index in [1.807, 2.05) is 47.4 Å². The van der Waals surface area contributed by atoms with Crippen LogP contribution in [0.3, 0.4) is 0 Å². The molecule has 3 nitrogen and oxygen atoms in total. The van der Waals surface area contributed by atoms with E-state index in [0.717, 1.165) is 31.5 Å². The molecule has 1 aliphatic heterocycles. The van der Waals surface area contributed by atoms with Gasteiger partial charge in [0.2, 0.25) is 0 Å². The zero-order valence-corrected chi connectivity index (χ0v) is 12.5. The number of hydrogen-bond donors (Lipinski definition) is 0. The minimum Gasteiger partial charge on any atom is -0.339 e. The Hall–Kier alpha value is -2.42. The fraction of sp³-hybridized carbons (Fsp3) is 0.263. The standard InChI is InChI=1S/C19H19NO2/c21-18(14-15-8-2-1-3-9-15)16-10-4-5-11-17(16)19(22)20-12-6-7-13-20/h1-5,8-11H,6-7,12-14H2. The van der Waals surface area contributed by atoms with Gasteiger partial charge in [0.05, 0.1) is 5.56 Å². The Morgan fingerprint density at radius 2 is 1.41 bits per heavy atom. The number of benzene rings is 2. The van der Waals surface area contributed by atoms with Crippen molar-refractivity contribution in [2.75, 3.05) is 13.1 Å². The van der Waals surface area contributed by atoms with E-state index in [0.29, 0.717) is 17.5 Å². The van der Waals surface area contributed by atoms with Crippen molar-refractivity contribution in [1.29, 1.82) is 0 Å². The summed E-state index contributed by atoms with van der Waals surface area (Å²) in [5, 5.41) is 0. The van der Waals surface area contributed by atoms with Crippen LogP contribution in [0.1, 0.15) is 39.1 Å². The van der Waals surface area contributed by atoms with E-state index in [2.05, 4.69) is 0 Å². The first-order chi connectivity index (χ1) is 10.8. The first-order valence-electron chi connectivity index (χ1n) is 7.71. The van der Waals surface area contributed by atoms with Gasteiger partial charge >= 0.3 is 0 Å². The van der Waals surface area contributed by atoms with Crippen LogP contribution in [0, 0.1) is 0 Å². The first-order valence-corrected chi connectivity index (χ1v) is 7.71. The molecule has 0 spiro atoms. The van der Waals surface area contributed by atoms with Crippen LogP contribution in [0.2, 0.25) is 0 Å². The highest BCUT2D eigenvalue weighted by molar-refractivity contribution is 6.08. The lowest BCUT2D eigenvalue weighted by Gasteiger charge is -2.17. The largest absolute Gasteiger partial charge is 0.339 e. The number of carbonyl (C=O) groups is 2. The molecule has 0 aliphatic carbocycles. The third-order valence-electron chi connectivity index (χ3n) is 4.06. The summed E-state index contributed by atoms with van der Waals surface area (Å²) < 4.78 is 0. The molecule has 0 N–H and O–H groups in total. The maximum Gasteiger partial charge on any atom is 0.254 e. The first kappa shape index (κ1) is 14.5. The summed E-state index contributed by atoms with van der Waals surface area (Å²) in [6.07, 6.45) is 2.42. The van der Waals surface area contributed by atoms with Crippen molar-refractivity contribution in [3.63, 3.8) is 0 Å². The molecule has 2 aromatic carbocycles. The Kier molecular flexibility index (Phi) is 4.33. The van der Waals surface area contributed by atoms with Gasteiger partial charge in [-0.2, -0.15) is 0 Å². The number of Topliss-reactive ketones (excluding diaryl/α,β-unsaturated/α-hetero) is 1. The van der Waals surface area contributed by atoms with Crippen molar-refractivity contribution < 1.29 is 9.59 Å². The van der Waals surface area contributed by atoms with Gasteiger partial charge in [0.1, 0.15) is 0 Å². The van der Waals surface area contributed by atoms with E-state index < -0.39 is 0 Å². The molecular formula is C19H19NO2. The molecule has 1 amide bonds.